The molecule has 0 atom stereocenters. The first-order valence-corrected chi connectivity index (χ1v) is 3.97. The zero-order valence-electron chi connectivity index (χ0n) is 6.25. The molecule has 4 nitrogen and oxygen atoms in total. The van der Waals surface area contributed by atoms with E-state index in [0.717, 1.165) is 0 Å². The molecule has 0 radical (unpaired) electrons. The maximum absolute atomic E-state index is 10.7. The van der Waals surface area contributed by atoms with Gasteiger partial charge in [0.15, 0.2) is 5.15 Å². The molecule has 0 fully saturated rings. The minimum atomic E-state index is -0.822. The number of rotatable bonds is 2. The lowest BCUT2D eigenvalue weighted by atomic mass is 10.4. The van der Waals surface area contributed by atoms with Gasteiger partial charge in [-0.2, -0.15) is 0 Å². The Morgan fingerprint density at radius 2 is 2.23 bits per heavy atom. The Morgan fingerprint density at radius 1 is 1.54 bits per heavy atom. The van der Waals surface area contributed by atoms with Crippen LogP contribution in [-0.4, -0.2) is 17.2 Å². The molecule has 1 aromatic heterocycles. The van der Waals surface area contributed by atoms with Crippen molar-refractivity contribution < 1.29 is 9.59 Å². The predicted molar refractivity (Wildman–Crippen MR) is 49.0 cm³/mol. The van der Waals surface area contributed by atoms with Gasteiger partial charge in [0.25, 0.3) is 5.91 Å². The Morgan fingerprint density at radius 3 is 2.77 bits per heavy atom. The fraction of sp³-hybridized carbons (Fsp3) is 0. The molecule has 0 spiro atoms. The molecule has 1 heterocycles. The first-order chi connectivity index (χ1) is 6.15. The molecule has 0 aromatic carbocycles. The SMILES string of the molecule is O=CC(=O)Nc1c(Cl)ccnc1Cl. The number of hydrogen-bond acceptors (Lipinski definition) is 3. The Balaban J connectivity index is 2.99. The van der Waals surface area contributed by atoms with Crippen molar-refractivity contribution in [3.8, 4) is 0 Å². The molecule has 0 aliphatic heterocycles. The van der Waals surface area contributed by atoms with Crippen LogP contribution < -0.4 is 5.32 Å². The molecule has 68 valence electrons. The van der Waals surface area contributed by atoms with Crippen LogP contribution in [0.5, 0.6) is 0 Å². The molecule has 0 aliphatic carbocycles. The number of carbonyl (C=O) groups excluding carboxylic acids is 2. The molecule has 1 amide bonds. The van der Waals surface area contributed by atoms with Crippen LogP contribution in [0.4, 0.5) is 5.69 Å². The average Bonchev–Trinajstić information content (AvgIpc) is 2.11. The number of aromatic nitrogens is 1. The Hall–Kier alpha value is -1.13. The first-order valence-electron chi connectivity index (χ1n) is 3.21. The molecule has 0 bridgehead atoms. The summed E-state index contributed by atoms with van der Waals surface area (Å²) in [6.45, 7) is 0. The van der Waals surface area contributed by atoms with Crippen LogP contribution in [0.1, 0.15) is 0 Å². The number of carbonyl (C=O) groups is 2. The Bertz CT molecular complexity index is 334. The number of pyridine rings is 1. The van der Waals surface area contributed by atoms with Gasteiger partial charge in [-0.25, -0.2) is 4.98 Å². The van der Waals surface area contributed by atoms with E-state index in [1.807, 2.05) is 0 Å². The minimum Gasteiger partial charge on any atom is -0.316 e. The third kappa shape index (κ3) is 2.40. The topological polar surface area (TPSA) is 59.1 Å². The molecule has 0 aliphatic rings. The summed E-state index contributed by atoms with van der Waals surface area (Å²) in [5.41, 5.74) is 0.142. The van der Waals surface area contributed by atoms with Crippen LogP contribution in [0.3, 0.4) is 0 Å². The second-order valence-corrected chi connectivity index (χ2v) is 2.83. The summed E-state index contributed by atoms with van der Waals surface area (Å²) in [6, 6.07) is 1.45. The van der Waals surface area contributed by atoms with Crippen LogP contribution in [0.2, 0.25) is 10.2 Å². The van der Waals surface area contributed by atoms with Gasteiger partial charge < -0.3 is 5.32 Å². The van der Waals surface area contributed by atoms with Crippen LogP contribution in [0.15, 0.2) is 12.3 Å². The van der Waals surface area contributed by atoms with Crippen molar-refractivity contribution in [3.63, 3.8) is 0 Å². The maximum Gasteiger partial charge on any atom is 0.288 e. The second-order valence-electron chi connectivity index (χ2n) is 2.07. The number of halogens is 2. The highest BCUT2D eigenvalue weighted by atomic mass is 35.5. The van der Waals surface area contributed by atoms with E-state index < -0.39 is 5.91 Å². The molecular weight excluding hydrogens is 215 g/mol. The third-order valence-electron chi connectivity index (χ3n) is 1.21. The maximum atomic E-state index is 10.7. The molecule has 1 aromatic rings. The van der Waals surface area contributed by atoms with Gasteiger partial charge in [-0.15, -0.1) is 0 Å². The molecule has 6 heteroatoms. The standard InChI is InChI=1S/C7H4Cl2N2O2/c8-4-1-2-10-7(9)6(4)11-5(13)3-12/h1-3H,(H,11,13). The zero-order valence-corrected chi connectivity index (χ0v) is 7.76. The molecular formula is C7H4Cl2N2O2. The van der Waals surface area contributed by atoms with E-state index >= 15 is 0 Å². The summed E-state index contributed by atoms with van der Waals surface area (Å²) in [6.07, 6.45) is 1.51. The highest BCUT2D eigenvalue weighted by Crippen LogP contribution is 2.27. The minimum absolute atomic E-state index is 0.0442. The number of anilines is 1. The fourth-order valence-electron chi connectivity index (χ4n) is 0.679. The van der Waals surface area contributed by atoms with Crippen molar-refractivity contribution in [3.05, 3.63) is 22.4 Å². The van der Waals surface area contributed by atoms with Gasteiger partial charge in [-0.3, -0.25) is 9.59 Å². The number of hydrogen-bond donors (Lipinski definition) is 1. The lowest BCUT2D eigenvalue weighted by molar-refractivity contribution is -0.127. The molecule has 1 rings (SSSR count). The van der Waals surface area contributed by atoms with E-state index in [1.54, 1.807) is 0 Å². The third-order valence-corrected chi connectivity index (χ3v) is 1.81. The number of nitrogens with one attached hydrogen (secondary N) is 1. The molecule has 0 saturated carbocycles. The van der Waals surface area contributed by atoms with Crippen molar-refractivity contribution in [2.45, 2.75) is 0 Å². The van der Waals surface area contributed by atoms with E-state index in [1.165, 1.54) is 12.3 Å². The van der Waals surface area contributed by atoms with Gasteiger partial charge in [0, 0.05) is 6.20 Å². The van der Waals surface area contributed by atoms with Gasteiger partial charge in [0.05, 0.1) is 10.7 Å². The quantitative estimate of drug-likeness (QED) is 0.466. The smallest absolute Gasteiger partial charge is 0.288 e. The van der Waals surface area contributed by atoms with E-state index in [9.17, 15) is 9.59 Å². The number of nitrogens with zero attached hydrogens (tertiary/aromatic N) is 1. The van der Waals surface area contributed by atoms with E-state index in [4.69, 9.17) is 23.2 Å². The van der Waals surface area contributed by atoms with Crippen LogP contribution in [0, 0.1) is 0 Å². The number of aldehydes is 1. The van der Waals surface area contributed by atoms with Crippen molar-refractivity contribution in [1.29, 1.82) is 0 Å². The first kappa shape index (κ1) is 9.95. The average molecular weight is 219 g/mol. The van der Waals surface area contributed by atoms with Gasteiger partial charge in [0.1, 0.15) is 0 Å². The largest absolute Gasteiger partial charge is 0.316 e. The van der Waals surface area contributed by atoms with Gasteiger partial charge in [-0.1, -0.05) is 23.2 Å². The van der Waals surface area contributed by atoms with E-state index in [-0.39, 0.29) is 22.1 Å². The second kappa shape index (κ2) is 4.20. The zero-order chi connectivity index (χ0) is 9.84. The summed E-state index contributed by atoms with van der Waals surface area (Å²) >= 11 is 11.3. The van der Waals surface area contributed by atoms with Crippen LogP contribution in [0.25, 0.3) is 0 Å². The van der Waals surface area contributed by atoms with E-state index in [2.05, 4.69) is 10.3 Å². The Labute approximate surface area is 83.9 Å². The lowest BCUT2D eigenvalue weighted by Gasteiger charge is -2.04. The van der Waals surface area contributed by atoms with E-state index in [0.29, 0.717) is 0 Å². The predicted octanol–water partition coefficient (Wildman–Crippen LogP) is 1.53. The Kier molecular flexibility index (Phi) is 3.22. The van der Waals surface area contributed by atoms with Crippen molar-refractivity contribution in [1.82, 2.24) is 4.98 Å². The molecule has 13 heavy (non-hydrogen) atoms. The highest BCUT2D eigenvalue weighted by Gasteiger charge is 2.08. The summed E-state index contributed by atoms with van der Waals surface area (Å²) in [7, 11) is 0. The molecule has 1 N–H and O–H groups in total. The summed E-state index contributed by atoms with van der Waals surface area (Å²) in [4.78, 5) is 24.4. The van der Waals surface area contributed by atoms with Crippen LogP contribution in [-0.2, 0) is 9.59 Å². The summed E-state index contributed by atoms with van der Waals surface area (Å²) < 4.78 is 0. The van der Waals surface area contributed by atoms with Gasteiger partial charge >= 0.3 is 0 Å². The summed E-state index contributed by atoms with van der Waals surface area (Å²) in [5, 5.41) is 2.47. The summed E-state index contributed by atoms with van der Waals surface area (Å²) in [5.74, 6) is -0.822. The number of amides is 1. The van der Waals surface area contributed by atoms with Crippen molar-refractivity contribution >= 4 is 41.1 Å². The molecule has 0 unspecified atom stereocenters. The molecule has 0 saturated heterocycles. The fourth-order valence-corrected chi connectivity index (χ4v) is 1.13. The van der Waals surface area contributed by atoms with Crippen molar-refractivity contribution in [2.24, 2.45) is 0 Å². The monoisotopic (exact) mass is 218 g/mol. The highest BCUT2D eigenvalue weighted by molar-refractivity contribution is 6.40. The van der Waals surface area contributed by atoms with Crippen molar-refractivity contribution in [2.75, 3.05) is 5.32 Å². The lowest BCUT2D eigenvalue weighted by Crippen LogP contribution is -2.13. The van der Waals surface area contributed by atoms with Gasteiger partial charge in [0.2, 0.25) is 6.29 Å². The van der Waals surface area contributed by atoms with Gasteiger partial charge in [-0.05, 0) is 6.07 Å². The van der Waals surface area contributed by atoms with Crippen LogP contribution >= 0.6 is 23.2 Å². The normalized spacial score (nSPS) is 9.38.